The van der Waals surface area contributed by atoms with Crippen LogP contribution in [0.5, 0.6) is 0 Å². The van der Waals surface area contributed by atoms with Crippen molar-refractivity contribution in [3.05, 3.63) is 35.2 Å². The number of carbonyl (C=O) groups excluding carboxylic acids is 2. The number of hydrogen-bond donors (Lipinski definition) is 0. The van der Waals surface area contributed by atoms with Gasteiger partial charge in [-0.3, -0.25) is 14.5 Å². The first-order valence-electron chi connectivity index (χ1n) is 8.25. The van der Waals surface area contributed by atoms with E-state index in [9.17, 15) is 9.59 Å². The van der Waals surface area contributed by atoms with Gasteiger partial charge in [0, 0.05) is 45.0 Å². The normalized spacial score (nSPS) is 16.2. The molecule has 0 saturated carbocycles. The summed E-state index contributed by atoms with van der Waals surface area (Å²) in [5.74, 6) is 0.219. The smallest absolute Gasteiger partial charge is 0.264 e. The number of benzene rings is 1. The van der Waals surface area contributed by atoms with E-state index in [0.717, 1.165) is 41.0 Å². The highest BCUT2D eigenvalue weighted by Crippen LogP contribution is 2.26. The lowest BCUT2D eigenvalue weighted by Gasteiger charge is -2.22. The third-order valence-electron chi connectivity index (χ3n) is 4.37. The quantitative estimate of drug-likeness (QED) is 0.856. The number of thiophene rings is 1. The molecule has 1 aliphatic rings. The van der Waals surface area contributed by atoms with Crippen molar-refractivity contribution in [2.24, 2.45) is 0 Å². The van der Waals surface area contributed by atoms with Crippen molar-refractivity contribution in [2.75, 3.05) is 46.8 Å². The van der Waals surface area contributed by atoms with Crippen LogP contribution in [0.4, 0.5) is 0 Å². The number of rotatable bonds is 3. The van der Waals surface area contributed by atoms with Gasteiger partial charge in [-0.25, -0.2) is 0 Å². The van der Waals surface area contributed by atoms with Crippen molar-refractivity contribution >= 4 is 33.2 Å². The summed E-state index contributed by atoms with van der Waals surface area (Å²) in [4.78, 5) is 31.1. The van der Waals surface area contributed by atoms with Crippen molar-refractivity contribution in [2.45, 2.75) is 6.42 Å². The molecule has 0 N–H and O–H groups in total. The zero-order valence-electron chi connectivity index (χ0n) is 14.2. The molecule has 2 heterocycles. The Morgan fingerprint density at radius 1 is 1.12 bits per heavy atom. The molecule has 3 rings (SSSR count). The molecule has 0 bridgehead atoms. The molecular weight excluding hydrogens is 322 g/mol. The fourth-order valence-electron chi connectivity index (χ4n) is 2.91. The molecule has 128 valence electrons. The molecule has 1 aromatic heterocycles. The van der Waals surface area contributed by atoms with Gasteiger partial charge in [-0.15, -0.1) is 11.3 Å². The number of hydrogen-bond acceptors (Lipinski definition) is 4. The van der Waals surface area contributed by atoms with Crippen LogP contribution < -0.4 is 0 Å². The van der Waals surface area contributed by atoms with E-state index in [1.165, 1.54) is 0 Å². The zero-order chi connectivity index (χ0) is 17.1. The summed E-state index contributed by atoms with van der Waals surface area (Å²) in [6.45, 7) is 3.46. The summed E-state index contributed by atoms with van der Waals surface area (Å²) in [6.07, 6.45) is 0.900. The second-order valence-electron chi connectivity index (χ2n) is 6.36. The highest BCUT2D eigenvalue weighted by Gasteiger charge is 2.23. The van der Waals surface area contributed by atoms with E-state index in [2.05, 4.69) is 4.90 Å². The fraction of sp³-hybridized carbons (Fsp3) is 0.444. The van der Waals surface area contributed by atoms with Crippen molar-refractivity contribution in [3.8, 4) is 0 Å². The van der Waals surface area contributed by atoms with Crippen LogP contribution in [-0.2, 0) is 4.79 Å². The summed E-state index contributed by atoms with van der Waals surface area (Å²) in [5.41, 5.74) is 0. The molecule has 0 radical (unpaired) electrons. The van der Waals surface area contributed by atoms with E-state index >= 15 is 0 Å². The number of likely N-dealkylation sites (N-methyl/N-ethyl adjacent to an activating group) is 1. The van der Waals surface area contributed by atoms with Crippen molar-refractivity contribution in [1.29, 1.82) is 0 Å². The second kappa shape index (κ2) is 7.32. The average Bonchev–Trinajstić information content (AvgIpc) is 2.87. The van der Waals surface area contributed by atoms with Gasteiger partial charge in [0.2, 0.25) is 5.91 Å². The maximum Gasteiger partial charge on any atom is 0.264 e. The lowest BCUT2D eigenvalue weighted by Crippen LogP contribution is -2.39. The van der Waals surface area contributed by atoms with Crippen molar-refractivity contribution in [1.82, 2.24) is 14.7 Å². The van der Waals surface area contributed by atoms with Crippen LogP contribution in [0.1, 0.15) is 16.1 Å². The molecule has 2 aromatic rings. The predicted octanol–water partition coefficient (Wildman–Crippen LogP) is 2.14. The van der Waals surface area contributed by atoms with Gasteiger partial charge in [0.25, 0.3) is 5.91 Å². The van der Waals surface area contributed by atoms with Gasteiger partial charge >= 0.3 is 0 Å². The van der Waals surface area contributed by atoms with Crippen LogP contribution in [0, 0.1) is 0 Å². The Bertz CT molecular complexity index is 708. The average molecular weight is 345 g/mol. The summed E-state index contributed by atoms with van der Waals surface area (Å²) in [6, 6.07) is 10.1. The lowest BCUT2D eigenvalue weighted by atomic mass is 10.2. The highest BCUT2D eigenvalue weighted by atomic mass is 32.1. The van der Waals surface area contributed by atoms with Gasteiger partial charge in [0.15, 0.2) is 0 Å². The minimum atomic E-state index is 0.108. The SMILES string of the molecule is CN(C)C(=O)CN1CCCN(C(=O)c2cc3ccccc3s2)CC1. The number of amides is 2. The molecule has 6 heteroatoms. The number of fused-ring (bicyclic) bond motifs is 1. The van der Waals surface area contributed by atoms with Crippen LogP contribution >= 0.6 is 11.3 Å². The Morgan fingerprint density at radius 3 is 2.67 bits per heavy atom. The molecule has 1 aromatic carbocycles. The fourth-order valence-corrected chi connectivity index (χ4v) is 3.94. The zero-order valence-corrected chi connectivity index (χ0v) is 15.0. The van der Waals surface area contributed by atoms with Crippen molar-refractivity contribution in [3.63, 3.8) is 0 Å². The first-order valence-corrected chi connectivity index (χ1v) is 9.06. The molecule has 5 nitrogen and oxygen atoms in total. The van der Waals surface area contributed by atoms with Gasteiger partial charge in [-0.1, -0.05) is 18.2 Å². The molecule has 0 spiro atoms. The Morgan fingerprint density at radius 2 is 1.92 bits per heavy atom. The number of nitrogens with zero attached hydrogens (tertiary/aromatic N) is 3. The Labute approximate surface area is 146 Å². The molecule has 1 aliphatic heterocycles. The molecule has 0 unspecified atom stereocenters. The first kappa shape index (κ1) is 16.9. The molecule has 0 atom stereocenters. The van der Waals surface area contributed by atoms with Gasteiger partial charge < -0.3 is 9.80 Å². The monoisotopic (exact) mass is 345 g/mol. The minimum absolute atomic E-state index is 0.108. The van der Waals surface area contributed by atoms with Gasteiger partial charge in [-0.05, 0) is 23.9 Å². The van der Waals surface area contributed by atoms with Crippen molar-refractivity contribution < 1.29 is 9.59 Å². The van der Waals surface area contributed by atoms with Gasteiger partial charge in [-0.2, -0.15) is 0 Å². The Kier molecular flexibility index (Phi) is 5.16. The first-order chi connectivity index (χ1) is 11.5. The maximum atomic E-state index is 12.8. The Hall–Kier alpha value is -1.92. The van der Waals surface area contributed by atoms with Crippen LogP contribution in [0.25, 0.3) is 10.1 Å². The molecule has 2 amide bonds. The predicted molar refractivity (Wildman–Crippen MR) is 97.5 cm³/mol. The van der Waals surface area contributed by atoms with E-state index in [1.54, 1.807) is 30.3 Å². The minimum Gasteiger partial charge on any atom is -0.348 e. The topological polar surface area (TPSA) is 43.9 Å². The van der Waals surface area contributed by atoms with Crippen LogP contribution in [0.2, 0.25) is 0 Å². The van der Waals surface area contributed by atoms with Crippen LogP contribution in [0.3, 0.4) is 0 Å². The molecular formula is C18H23N3O2S. The largest absolute Gasteiger partial charge is 0.348 e. The van der Waals surface area contributed by atoms with Gasteiger partial charge in [0.05, 0.1) is 11.4 Å². The summed E-state index contributed by atoms with van der Waals surface area (Å²) < 4.78 is 1.15. The third kappa shape index (κ3) is 3.76. The third-order valence-corrected chi connectivity index (χ3v) is 5.47. The summed E-state index contributed by atoms with van der Waals surface area (Å²) in [5, 5.41) is 1.12. The maximum absolute atomic E-state index is 12.8. The lowest BCUT2D eigenvalue weighted by molar-refractivity contribution is -0.129. The second-order valence-corrected chi connectivity index (χ2v) is 7.44. The Balaban J connectivity index is 1.65. The van der Waals surface area contributed by atoms with E-state index in [1.807, 2.05) is 35.2 Å². The van der Waals surface area contributed by atoms with Gasteiger partial charge in [0.1, 0.15) is 0 Å². The summed E-state index contributed by atoms with van der Waals surface area (Å²) in [7, 11) is 3.55. The van der Waals surface area contributed by atoms with Crippen LogP contribution in [0.15, 0.2) is 30.3 Å². The van der Waals surface area contributed by atoms with E-state index in [4.69, 9.17) is 0 Å². The van der Waals surface area contributed by atoms with E-state index < -0.39 is 0 Å². The molecule has 24 heavy (non-hydrogen) atoms. The van der Waals surface area contributed by atoms with E-state index in [-0.39, 0.29) is 11.8 Å². The summed E-state index contributed by atoms with van der Waals surface area (Å²) >= 11 is 1.56. The standard InChI is InChI=1S/C18H23N3O2S/c1-19(2)17(22)13-20-8-5-9-21(11-10-20)18(23)16-12-14-6-3-4-7-15(14)24-16/h3-4,6-7,12H,5,8-11,13H2,1-2H3. The van der Waals surface area contributed by atoms with E-state index in [0.29, 0.717) is 13.1 Å². The van der Waals surface area contributed by atoms with Crippen LogP contribution in [-0.4, -0.2) is 73.3 Å². The molecule has 0 aliphatic carbocycles. The molecule has 1 fully saturated rings. The number of carbonyl (C=O) groups is 2. The molecule has 1 saturated heterocycles. The highest BCUT2D eigenvalue weighted by molar-refractivity contribution is 7.20.